The lowest BCUT2D eigenvalue weighted by Gasteiger charge is -2.35. The molecule has 30 heavy (non-hydrogen) atoms. The predicted octanol–water partition coefficient (Wildman–Crippen LogP) is 4.40. The molecule has 2 aromatic carbocycles. The van der Waals surface area contributed by atoms with Gasteiger partial charge in [0.2, 0.25) is 0 Å². The van der Waals surface area contributed by atoms with Gasteiger partial charge in [0.25, 0.3) is 0 Å². The standard InChI is InChI=1S/C21H21N3O6/c1-29-19-10-14-13-5-3-4-6-16(13)22-21(15(14)11-20(19)30-2)12-7-8-17(23(25)26)18(9-12)24(27)28/h7-11,13,16H,3-6H2,1-2H3/t13-,16-/m1/s1. The van der Waals surface area contributed by atoms with Crippen molar-refractivity contribution in [1.29, 1.82) is 0 Å². The van der Waals surface area contributed by atoms with E-state index in [0.717, 1.165) is 36.8 Å². The van der Waals surface area contributed by atoms with E-state index in [1.807, 2.05) is 12.1 Å². The summed E-state index contributed by atoms with van der Waals surface area (Å²) in [5.74, 6) is 1.40. The number of fused-ring (bicyclic) bond motifs is 3. The van der Waals surface area contributed by atoms with Crippen LogP contribution >= 0.6 is 0 Å². The van der Waals surface area contributed by atoms with Crippen molar-refractivity contribution in [2.75, 3.05) is 14.2 Å². The van der Waals surface area contributed by atoms with E-state index in [9.17, 15) is 20.2 Å². The van der Waals surface area contributed by atoms with Gasteiger partial charge in [-0.3, -0.25) is 25.2 Å². The van der Waals surface area contributed by atoms with E-state index < -0.39 is 21.2 Å². The molecule has 156 valence electrons. The number of aliphatic imine (C=N–C) groups is 1. The van der Waals surface area contributed by atoms with Crippen LogP contribution < -0.4 is 9.47 Å². The highest BCUT2D eigenvalue weighted by Gasteiger charge is 2.35. The molecule has 0 radical (unpaired) electrons. The fraction of sp³-hybridized carbons (Fsp3) is 0.381. The van der Waals surface area contributed by atoms with Gasteiger partial charge in [-0.2, -0.15) is 0 Å². The van der Waals surface area contributed by atoms with Gasteiger partial charge >= 0.3 is 11.4 Å². The van der Waals surface area contributed by atoms with Crippen LogP contribution in [0.25, 0.3) is 0 Å². The van der Waals surface area contributed by atoms with Crippen LogP contribution in [0, 0.1) is 20.2 Å². The van der Waals surface area contributed by atoms with Crippen molar-refractivity contribution in [3.05, 3.63) is 67.3 Å². The first-order valence-corrected chi connectivity index (χ1v) is 9.72. The minimum atomic E-state index is -0.746. The Balaban J connectivity index is 1.92. The number of benzene rings is 2. The van der Waals surface area contributed by atoms with Crippen molar-refractivity contribution >= 4 is 17.1 Å². The lowest BCUT2D eigenvalue weighted by molar-refractivity contribution is -0.422. The third-order valence-electron chi connectivity index (χ3n) is 5.88. The first-order chi connectivity index (χ1) is 14.4. The van der Waals surface area contributed by atoms with Crippen molar-refractivity contribution in [2.24, 2.45) is 4.99 Å². The maximum Gasteiger partial charge on any atom is 0.346 e. The molecular formula is C21H21N3O6. The second-order valence-corrected chi connectivity index (χ2v) is 7.45. The van der Waals surface area contributed by atoms with Crippen LogP contribution in [-0.4, -0.2) is 35.8 Å². The molecule has 0 spiro atoms. The van der Waals surface area contributed by atoms with Crippen molar-refractivity contribution in [3.8, 4) is 11.5 Å². The minimum absolute atomic E-state index is 0.0635. The summed E-state index contributed by atoms with van der Waals surface area (Å²) in [5, 5.41) is 22.6. The average Bonchev–Trinajstić information content (AvgIpc) is 2.76. The second kappa shape index (κ2) is 7.74. The number of hydrogen-bond donors (Lipinski definition) is 0. The molecule has 0 N–H and O–H groups in total. The summed E-state index contributed by atoms with van der Waals surface area (Å²) in [6, 6.07) is 7.79. The quantitative estimate of drug-likeness (QED) is 0.532. The molecule has 2 aliphatic rings. The molecule has 0 saturated heterocycles. The summed E-state index contributed by atoms with van der Waals surface area (Å²) in [4.78, 5) is 26.1. The number of rotatable bonds is 5. The number of methoxy groups -OCH3 is 2. The first-order valence-electron chi connectivity index (χ1n) is 9.72. The van der Waals surface area contributed by atoms with Crippen molar-refractivity contribution in [1.82, 2.24) is 0 Å². The Morgan fingerprint density at radius 3 is 2.27 bits per heavy atom. The van der Waals surface area contributed by atoms with Crippen LogP contribution in [0.2, 0.25) is 0 Å². The SMILES string of the molecule is COc1cc2c(cc1OC)[C@H]1CCCC[C@H]1N=C2c1ccc([N+](=O)[O-])c([N+](=O)[O-])c1. The molecule has 1 fully saturated rings. The molecule has 0 amide bonds. The Morgan fingerprint density at radius 2 is 1.60 bits per heavy atom. The molecule has 0 bridgehead atoms. The zero-order chi connectivity index (χ0) is 21.4. The van der Waals surface area contributed by atoms with E-state index >= 15 is 0 Å². The van der Waals surface area contributed by atoms with Gasteiger partial charge in [0.15, 0.2) is 11.5 Å². The van der Waals surface area contributed by atoms with Crippen LogP contribution in [0.5, 0.6) is 11.5 Å². The molecule has 1 aliphatic heterocycles. The van der Waals surface area contributed by atoms with Crippen LogP contribution in [0.1, 0.15) is 48.3 Å². The van der Waals surface area contributed by atoms with Gasteiger partial charge in [-0.1, -0.05) is 12.8 Å². The second-order valence-electron chi connectivity index (χ2n) is 7.45. The number of nitro benzene ring substituents is 2. The number of ether oxygens (including phenoxy) is 2. The van der Waals surface area contributed by atoms with E-state index in [1.54, 1.807) is 14.2 Å². The van der Waals surface area contributed by atoms with Crippen LogP contribution in [0.3, 0.4) is 0 Å². The highest BCUT2D eigenvalue weighted by molar-refractivity contribution is 6.15. The smallest absolute Gasteiger partial charge is 0.346 e. The molecular weight excluding hydrogens is 390 g/mol. The molecule has 1 aliphatic carbocycles. The Morgan fingerprint density at radius 1 is 0.933 bits per heavy atom. The van der Waals surface area contributed by atoms with Crippen LogP contribution in [-0.2, 0) is 0 Å². The largest absolute Gasteiger partial charge is 0.493 e. The van der Waals surface area contributed by atoms with E-state index in [-0.39, 0.29) is 12.0 Å². The molecule has 9 heteroatoms. The Labute approximate surface area is 172 Å². The summed E-state index contributed by atoms with van der Waals surface area (Å²) in [6.07, 6.45) is 4.12. The number of nitrogens with zero attached hydrogens (tertiary/aromatic N) is 3. The maximum absolute atomic E-state index is 11.4. The zero-order valence-corrected chi connectivity index (χ0v) is 16.7. The Kier molecular flexibility index (Phi) is 5.11. The summed E-state index contributed by atoms with van der Waals surface area (Å²) < 4.78 is 10.9. The predicted molar refractivity (Wildman–Crippen MR) is 110 cm³/mol. The topological polar surface area (TPSA) is 117 Å². The van der Waals surface area contributed by atoms with Gasteiger partial charge in [0.05, 0.1) is 35.8 Å². The Bertz CT molecular complexity index is 1060. The van der Waals surface area contributed by atoms with E-state index in [4.69, 9.17) is 14.5 Å². The van der Waals surface area contributed by atoms with Crippen molar-refractivity contribution < 1.29 is 19.3 Å². The molecule has 0 unspecified atom stereocenters. The molecule has 1 saturated carbocycles. The average molecular weight is 411 g/mol. The highest BCUT2D eigenvalue weighted by atomic mass is 16.6. The number of nitro groups is 2. The molecule has 2 aromatic rings. The van der Waals surface area contributed by atoms with Gasteiger partial charge < -0.3 is 9.47 Å². The summed E-state index contributed by atoms with van der Waals surface area (Å²) >= 11 is 0. The van der Waals surface area contributed by atoms with Gasteiger partial charge in [0.1, 0.15) is 0 Å². The fourth-order valence-corrected chi connectivity index (χ4v) is 4.47. The van der Waals surface area contributed by atoms with Gasteiger partial charge in [-0.25, -0.2) is 0 Å². The normalized spacial score (nSPS) is 19.9. The number of hydrogen-bond acceptors (Lipinski definition) is 7. The Hall–Kier alpha value is -3.49. The molecule has 2 atom stereocenters. The van der Waals surface area contributed by atoms with Crippen molar-refractivity contribution in [2.45, 2.75) is 37.6 Å². The molecule has 1 heterocycles. The monoisotopic (exact) mass is 411 g/mol. The minimum Gasteiger partial charge on any atom is -0.493 e. The van der Waals surface area contributed by atoms with Gasteiger partial charge in [0, 0.05) is 29.2 Å². The molecule has 4 rings (SSSR count). The molecule has 0 aromatic heterocycles. The fourth-order valence-electron chi connectivity index (χ4n) is 4.47. The maximum atomic E-state index is 11.4. The molecule has 9 nitrogen and oxygen atoms in total. The summed E-state index contributed by atoms with van der Waals surface area (Å²) in [6.45, 7) is 0. The van der Waals surface area contributed by atoms with E-state index in [1.165, 1.54) is 18.2 Å². The van der Waals surface area contributed by atoms with Crippen LogP contribution in [0.4, 0.5) is 11.4 Å². The van der Waals surface area contributed by atoms with Crippen molar-refractivity contribution in [3.63, 3.8) is 0 Å². The van der Waals surface area contributed by atoms with E-state index in [0.29, 0.717) is 22.8 Å². The third-order valence-corrected chi connectivity index (χ3v) is 5.88. The first kappa shape index (κ1) is 19.8. The lowest BCUT2D eigenvalue weighted by Crippen LogP contribution is -2.29. The highest BCUT2D eigenvalue weighted by Crippen LogP contribution is 2.45. The lowest BCUT2D eigenvalue weighted by atomic mass is 9.75. The third kappa shape index (κ3) is 3.26. The summed E-state index contributed by atoms with van der Waals surface area (Å²) in [7, 11) is 3.13. The van der Waals surface area contributed by atoms with E-state index in [2.05, 4.69) is 0 Å². The van der Waals surface area contributed by atoms with Crippen LogP contribution in [0.15, 0.2) is 35.3 Å². The van der Waals surface area contributed by atoms with Gasteiger partial charge in [-0.15, -0.1) is 0 Å². The summed E-state index contributed by atoms with van der Waals surface area (Å²) in [5.41, 5.74) is 1.87. The zero-order valence-electron chi connectivity index (χ0n) is 16.7. The van der Waals surface area contributed by atoms with Gasteiger partial charge in [-0.05, 0) is 36.6 Å².